The number of hydrogen-bond acceptors (Lipinski definition) is 8. The van der Waals surface area contributed by atoms with Crippen molar-refractivity contribution in [1.29, 1.82) is 0 Å². The molecule has 1 aliphatic heterocycles. The molecule has 190 valence electrons. The van der Waals surface area contributed by atoms with Crippen LogP contribution in [0.5, 0.6) is 0 Å². The molecule has 14 heteroatoms. The maximum Gasteiger partial charge on any atom is 0.194 e. The van der Waals surface area contributed by atoms with Crippen LogP contribution in [0.15, 0.2) is 49.1 Å². The Labute approximate surface area is 206 Å². The van der Waals surface area contributed by atoms with Crippen molar-refractivity contribution in [2.24, 2.45) is 0 Å². The highest BCUT2D eigenvalue weighted by molar-refractivity contribution is 5.80. The van der Waals surface area contributed by atoms with Gasteiger partial charge in [-0.15, -0.1) is 15.3 Å². The summed E-state index contributed by atoms with van der Waals surface area (Å²) in [5.41, 5.74) is 1.61. The Balaban J connectivity index is 1.33. The first-order valence-corrected chi connectivity index (χ1v) is 11.3. The fourth-order valence-electron chi connectivity index (χ4n) is 4.55. The lowest BCUT2D eigenvalue weighted by molar-refractivity contribution is -0.161. The first kappa shape index (κ1) is 23.3. The fourth-order valence-corrected chi connectivity index (χ4v) is 4.55. The van der Waals surface area contributed by atoms with Crippen LogP contribution in [0, 0.1) is 17.5 Å². The highest BCUT2D eigenvalue weighted by Gasteiger charge is 2.41. The predicted molar refractivity (Wildman–Crippen MR) is 121 cm³/mol. The van der Waals surface area contributed by atoms with Crippen LogP contribution in [0.1, 0.15) is 24.4 Å². The summed E-state index contributed by atoms with van der Waals surface area (Å²) in [7, 11) is 0. The van der Waals surface area contributed by atoms with Crippen LogP contribution < -0.4 is 0 Å². The molecule has 2 aromatic carbocycles. The summed E-state index contributed by atoms with van der Waals surface area (Å²) in [5, 5.41) is 44.8. The van der Waals surface area contributed by atoms with E-state index in [0.717, 1.165) is 28.7 Å². The number of rotatable bonds is 5. The van der Waals surface area contributed by atoms with E-state index < -0.39 is 48.4 Å². The van der Waals surface area contributed by atoms with Gasteiger partial charge in [0.25, 0.3) is 0 Å². The third-order valence-electron chi connectivity index (χ3n) is 6.45. The van der Waals surface area contributed by atoms with Crippen molar-refractivity contribution in [3.05, 3.63) is 72.3 Å². The van der Waals surface area contributed by atoms with Gasteiger partial charge in [-0.05, 0) is 30.3 Å². The molecule has 4 atom stereocenters. The second-order valence-electron chi connectivity index (χ2n) is 8.68. The lowest BCUT2D eigenvalue weighted by atomic mass is 9.95. The van der Waals surface area contributed by atoms with Gasteiger partial charge in [0.2, 0.25) is 0 Å². The van der Waals surface area contributed by atoms with Gasteiger partial charge < -0.3 is 14.9 Å². The fraction of sp³-hybridized carbons (Fsp3) is 0.261. The van der Waals surface area contributed by atoms with E-state index in [0.29, 0.717) is 5.82 Å². The Morgan fingerprint density at radius 2 is 1.92 bits per heavy atom. The minimum absolute atomic E-state index is 0.0200. The van der Waals surface area contributed by atoms with Gasteiger partial charge in [-0.3, -0.25) is 9.67 Å². The molecule has 3 aromatic heterocycles. The number of nitrogens with zero attached hydrogens (tertiary/aromatic N) is 7. The lowest BCUT2D eigenvalue weighted by Gasteiger charge is -2.38. The highest BCUT2D eigenvalue weighted by atomic mass is 19.2. The monoisotopic (exact) mass is 512 g/mol. The van der Waals surface area contributed by atoms with E-state index in [-0.39, 0.29) is 17.7 Å². The van der Waals surface area contributed by atoms with Crippen LogP contribution >= 0.6 is 0 Å². The number of aromatic amines is 1. The Hall–Kier alpha value is -4.14. The molecular formula is C23H19F3N8O3. The van der Waals surface area contributed by atoms with Gasteiger partial charge in [-0.2, -0.15) is 5.10 Å². The maximum absolute atomic E-state index is 13.7. The van der Waals surface area contributed by atoms with Crippen molar-refractivity contribution in [3.63, 3.8) is 0 Å². The standard InChI is InChI=1S/C23H19F3N8O3/c24-14-3-12(4-15(25)21(14)26)17-8-34(32-30-17)18-6-19(37-20(9-35)22(18)36)23-31-28-10-33(23)13-2-1-11-7-27-29-16(11)5-13/h1-5,7-8,10,18-20,22,35-36H,6,9H2,(H,27,29). The third kappa shape index (κ3) is 4.04. The number of nitrogens with one attached hydrogen (secondary N) is 1. The molecule has 3 N–H and O–H groups in total. The van der Waals surface area contributed by atoms with Gasteiger partial charge in [-0.25, -0.2) is 17.9 Å². The summed E-state index contributed by atoms with van der Waals surface area (Å²) in [6.45, 7) is -0.488. The van der Waals surface area contributed by atoms with E-state index in [1.807, 2.05) is 18.2 Å². The summed E-state index contributed by atoms with van der Waals surface area (Å²) in [6, 6.07) is 6.51. The number of halogens is 3. The van der Waals surface area contributed by atoms with E-state index in [9.17, 15) is 23.4 Å². The van der Waals surface area contributed by atoms with Gasteiger partial charge >= 0.3 is 0 Å². The number of benzene rings is 2. The third-order valence-corrected chi connectivity index (χ3v) is 6.45. The quantitative estimate of drug-likeness (QED) is 0.305. The smallest absolute Gasteiger partial charge is 0.194 e. The van der Waals surface area contributed by atoms with Gasteiger partial charge in [0.15, 0.2) is 23.3 Å². The zero-order valence-corrected chi connectivity index (χ0v) is 18.9. The zero-order chi connectivity index (χ0) is 25.7. The summed E-state index contributed by atoms with van der Waals surface area (Å²) in [5.74, 6) is -3.87. The topological polar surface area (TPSA) is 140 Å². The molecule has 0 aliphatic carbocycles. The molecule has 0 amide bonds. The molecular weight excluding hydrogens is 493 g/mol. The molecule has 37 heavy (non-hydrogen) atoms. The molecule has 1 saturated heterocycles. The number of hydrogen-bond donors (Lipinski definition) is 3. The molecule has 11 nitrogen and oxygen atoms in total. The van der Waals surface area contributed by atoms with E-state index in [4.69, 9.17) is 4.74 Å². The minimum atomic E-state index is -1.58. The normalized spacial score (nSPS) is 22.1. The van der Waals surface area contributed by atoms with Gasteiger partial charge in [0.05, 0.1) is 36.2 Å². The summed E-state index contributed by atoms with van der Waals surface area (Å²) in [4.78, 5) is 0. The van der Waals surface area contributed by atoms with Gasteiger partial charge in [-0.1, -0.05) is 5.21 Å². The second kappa shape index (κ2) is 9.06. The maximum atomic E-state index is 13.7. The molecule has 4 heterocycles. The summed E-state index contributed by atoms with van der Waals surface area (Å²) in [6.07, 6.45) is 1.89. The second-order valence-corrected chi connectivity index (χ2v) is 8.68. The molecule has 5 aromatic rings. The number of aliphatic hydroxyl groups excluding tert-OH is 2. The van der Waals surface area contributed by atoms with Crippen molar-refractivity contribution in [2.45, 2.75) is 30.8 Å². The average Bonchev–Trinajstić information content (AvgIpc) is 3.67. The van der Waals surface area contributed by atoms with Crippen molar-refractivity contribution in [3.8, 4) is 16.9 Å². The zero-order valence-electron chi connectivity index (χ0n) is 18.9. The highest BCUT2D eigenvalue weighted by Crippen LogP contribution is 2.38. The molecule has 1 fully saturated rings. The molecule has 0 radical (unpaired) electrons. The van der Waals surface area contributed by atoms with Gasteiger partial charge in [0.1, 0.15) is 30.3 Å². The number of aromatic nitrogens is 8. The molecule has 0 bridgehead atoms. The molecule has 0 spiro atoms. The molecule has 6 rings (SSSR count). The van der Waals surface area contributed by atoms with Crippen LogP contribution in [0.4, 0.5) is 13.2 Å². The molecule has 4 unspecified atom stereocenters. The molecule has 1 aliphatic rings. The van der Waals surface area contributed by atoms with Crippen LogP contribution in [0.3, 0.4) is 0 Å². The van der Waals surface area contributed by atoms with E-state index in [2.05, 4.69) is 30.7 Å². The van der Waals surface area contributed by atoms with Crippen molar-refractivity contribution in [2.75, 3.05) is 6.61 Å². The Morgan fingerprint density at radius 3 is 2.70 bits per heavy atom. The Morgan fingerprint density at radius 1 is 1.11 bits per heavy atom. The summed E-state index contributed by atoms with van der Waals surface area (Å²) < 4.78 is 49.8. The average molecular weight is 512 g/mol. The number of ether oxygens (including phenoxy) is 1. The number of aliphatic hydroxyl groups is 2. The Kier molecular flexibility index (Phi) is 5.70. The minimum Gasteiger partial charge on any atom is -0.394 e. The van der Waals surface area contributed by atoms with Gasteiger partial charge in [0, 0.05) is 17.4 Å². The lowest BCUT2D eigenvalue weighted by Crippen LogP contribution is -2.45. The molecule has 0 saturated carbocycles. The first-order chi connectivity index (χ1) is 17.9. The van der Waals surface area contributed by atoms with Crippen molar-refractivity contribution in [1.82, 2.24) is 40.0 Å². The van der Waals surface area contributed by atoms with E-state index in [1.54, 1.807) is 10.8 Å². The SMILES string of the molecule is OCC1OC(c2nncn2-c2ccc3cn[nH]c3c2)CC(n2cc(-c3cc(F)c(F)c(F)c3)nn2)C1O. The van der Waals surface area contributed by atoms with Crippen molar-refractivity contribution < 1.29 is 28.1 Å². The van der Waals surface area contributed by atoms with E-state index >= 15 is 0 Å². The van der Waals surface area contributed by atoms with Crippen molar-refractivity contribution >= 4 is 10.9 Å². The number of fused-ring (bicyclic) bond motifs is 1. The van der Waals surface area contributed by atoms with Crippen LogP contribution in [-0.2, 0) is 4.74 Å². The van der Waals surface area contributed by atoms with Crippen LogP contribution in [-0.4, -0.2) is 69.0 Å². The van der Waals surface area contributed by atoms with Crippen LogP contribution in [0.2, 0.25) is 0 Å². The Bertz CT molecular complexity index is 1560. The largest absolute Gasteiger partial charge is 0.394 e. The summed E-state index contributed by atoms with van der Waals surface area (Å²) >= 11 is 0. The van der Waals surface area contributed by atoms with Crippen LogP contribution in [0.25, 0.3) is 27.8 Å². The number of H-pyrrole nitrogens is 1. The predicted octanol–water partition coefficient (Wildman–Crippen LogP) is 2.24. The van der Waals surface area contributed by atoms with E-state index in [1.165, 1.54) is 17.2 Å². The first-order valence-electron chi connectivity index (χ1n) is 11.3.